The first-order chi connectivity index (χ1) is 6.83. The second-order valence-corrected chi connectivity index (χ2v) is 3.79. The van der Waals surface area contributed by atoms with Gasteiger partial charge >= 0.3 is 0 Å². The summed E-state index contributed by atoms with van der Waals surface area (Å²) in [7, 11) is 0. The van der Waals surface area contributed by atoms with E-state index >= 15 is 0 Å². The fourth-order valence-electron chi connectivity index (χ4n) is 1.61. The number of halogens is 1. The van der Waals surface area contributed by atoms with Crippen LogP contribution in [0.3, 0.4) is 0 Å². The minimum atomic E-state index is 0.194. The molecule has 72 valence electrons. The third-order valence-electron chi connectivity index (χ3n) is 2.27. The molecule has 0 radical (unpaired) electrons. The van der Waals surface area contributed by atoms with E-state index in [2.05, 4.69) is 22.6 Å². The molecule has 0 aromatic heterocycles. The van der Waals surface area contributed by atoms with Gasteiger partial charge in [0.1, 0.15) is 0 Å². The fraction of sp³-hybridized carbons (Fsp3) is 0.182. The molecule has 14 heavy (non-hydrogen) atoms. The van der Waals surface area contributed by atoms with Crippen molar-refractivity contribution in [2.75, 3.05) is 4.90 Å². The number of rotatable bonds is 1. The molecule has 0 bridgehead atoms. The quantitative estimate of drug-likeness (QED) is 0.730. The van der Waals surface area contributed by atoms with Crippen molar-refractivity contribution in [3.63, 3.8) is 0 Å². The lowest BCUT2D eigenvalue weighted by Crippen LogP contribution is -2.21. The Morgan fingerprint density at radius 1 is 1.21 bits per heavy atom. The van der Waals surface area contributed by atoms with Crippen LogP contribution in [0.15, 0.2) is 40.1 Å². The molecule has 1 aliphatic rings. The van der Waals surface area contributed by atoms with E-state index in [0.29, 0.717) is 6.42 Å². The van der Waals surface area contributed by atoms with Crippen molar-refractivity contribution in [3.05, 3.63) is 40.1 Å². The van der Waals surface area contributed by atoms with E-state index in [-0.39, 0.29) is 5.91 Å². The lowest BCUT2D eigenvalue weighted by molar-refractivity contribution is -0.116. The Bertz CT molecular complexity index is 372. The van der Waals surface area contributed by atoms with Crippen molar-refractivity contribution in [3.8, 4) is 0 Å². The number of para-hydroxylation sites is 1. The summed E-state index contributed by atoms with van der Waals surface area (Å²) in [5.41, 5.74) is 2.07. The van der Waals surface area contributed by atoms with Crippen LogP contribution in [0.2, 0.25) is 0 Å². The molecule has 1 fully saturated rings. The van der Waals surface area contributed by atoms with Crippen molar-refractivity contribution in [2.45, 2.75) is 12.8 Å². The summed E-state index contributed by atoms with van der Waals surface area (Å²) in [6.07, 6.45) is 1.49. The fourth-order valence-corrected chi connectivity index (χ4v) is 2.20. The van der Waals surface area contributed by atoms with Crippen LogP contribution in [0.25, 0.3) is 0 Å². The molecule has 1 aromatic rings. The molecule has 2 rings (SSSR count). The number of allylic oxidation sites excluding steroid dienone is 1. The largest absolute Gasteiger partial charge is 0.284 e. The average Bonchev–Trinajstić information content (AvgIpc) is 2.61. The van der Waals surface area contributed by atoms with Gasteiger partial charge in [-0.2, -0.15) is 0 Å². The average molecular weight is 299 g/mol. The molecular weight excluding hydrogens is 289 g/mol. The van der Waals surface area contributed by atoms with Crippen LogP contribution >= 0.6 is 22.6 Å². The van der Waals surface area contributed by atoms with Gasteiger partial charge in [-0.05, 0) is 22.6 Å². The molecule has 0 N–H and O–H groups in total. The van der Waals surface area contributed by atoms with Gasteiger partial charge in [0.25, 0.3) is 0 Å². The first-order valence-corrected chi connectivity index (χ1v) is 5.75. The van der Waals surface area contributed by atoms with E-state index in [1.165, 1.54) is 0 Å². The Balaban J connectivity index is 2.38. The molecule has 0 unspecified atom stereocenters. The van der Waals surface area contributed by atoms with E-state index in [4.69, 9.17) is 0 Å². The van der Waals surface area contributed by atoms with Gasteiger partial charge in [-0.15, -0.1) is 0 Å². The number of anilines is 1. The van der Waals surface area contributed by atoms with Crippen molar-refractivity contribution < 1.29 is 4.79 Å². The molecule has 0 spiro atoms. The lowest BCUT2D eigenvalue weighted by Gasteiger charge is -2.17. The Morgan fingerprint density at radius 2 is 1.93 bits per heavy atom. The highest BCUT2D eigenvalue weighted by Crippen LogP contribution is 2.29. The summed E-state index contributed by atoms with van der Waals surface area (Å²) in [4.78, 5) is 13.4. The van der Waals surface area contributed by atoms with Crippen molar-refractivity contribution in [1.82, 2.24) is 0 Å². The molecule has 0 saturated carbocycles. The third kappa shape index (κ3) is 1.68. The normalized spacial score (nSPS) is 19.4. The number of nitrogens with zero attached hydrogens (tertiary/aromatic N) is 1. The van der Waals surface area contributed by atoms with E-state index < -0.39 is 0 Å². The van der Waals surface area contributed by atoms with Crippen LogP contribution in [0.1, 0.15) is 12.8 Å². The summed E-state index contributed by atoms with van der Waals surface area (Å²) >= 11 is 2.19. The molecule has 1 saturated heterocycles. The maximum Gasteiger partial charge on any atom is 0.231 e. The van der Waals surface area contributed by atoms with Gasteiger partial charge < -0.3 is 0 Å². The van der Waals surface area contributed by atoms with Gasteiger partial charge in [-0.25, -0.2) is 0 Å². The lowest BCUT2D eigenvalue weighted by atomic mass is 10.3. The van der Waals surface area contributed by atoms with Gasteiger partial charge in [0.05, 0.1) is 0 Å². The predicted octanol–water partition coefficient (Wildman–Crippen LogP) is 3.09. The van der Waals surface area contributed by atoms with E-state index in [0.717, 1.165) is 17.8 Å². The van der Waals surface area contributed by atoms with Crippen molar-refractivity contribution in [2.24, 2.45) is 0 Å². The summed E-state index contributed by atoms with van der Waals surface area (Å²) in [5, 5.41) is 0. The van der Waals surface area contributed by atoms with E-state index in [1.807, 2.05) is 34.4 Å². The molecule has 1 heterocycles. The zero-order chi connectivity index (χ0) is 9.97. The number of hydrogen-bond donors (Lipinski definition) is 0. The second-order valence-electron chi connectivity index (χ2n) is 3.17. The topological polar surface area (TPSA) is 20.3 Å². The SMILES string of the molecule is O=C1CC/C(=C\I)N1c1ccccc1. The van der Waals surface area contributed by atoms with Gasteiger partial charge in [0.15, 0.2) is 0 Å². The number of carbonyl (C=O) groups is 1. The van der Waals surface area contributed by atoms with E-state index in [1.54, 1.807) is 4.90 Å². The molecule has 1 aliphatic heterocycles. The van der Waals surface area contributed by atoms with Crippen molar-refractivity contribution in [1.29, 1.82) is 0 Å². The zero-order valence-electron chi connectivity index (χ0n) is 7.61. The van der Waals surface area contributed by atoms with Crippen LogP contribution in [0.4, 0.5) is 5.69 Å². The Labute approximate surface area is 96.7 Å². The van der Waals surface area contributed by atoms with Gasteiger partial charge in [0.2, 0.25) is 5.91 Å². The van der Waals surface area contributed by atoms with Crippen molar-refractivity contribution >= 4 is 34.2 Å². The minimum absolute atomic E-state index is 0.194. The van der Waals surface area contributed by atoms with Gasteiger partial charge in [-0.3, -0.25) is 9.69 Å². The second kappa shape index (κ2) is 4.13. The smallest absolute Gasteiger partial charge is 0.231 e. The summed E-state index contributed by atoms with van der Waals surface area (Å²) in [5.74, 6) is 0.194. The summed E-state index contributed by atoms with van der Waals surface area (Å²) in [6.45, 7) is 0. The number of benzene rings is 1. The molecular formula is C11H10INO. The standard InChI is InChI=1S/C11H10INO/c12-8-10-6-7-11(14)13(10)9-4-2-1-3-5-9/h1-5,8H,6-7H2/b10-8+. The molecule has 0 atom stereocenters. The monoisotopic (exact) mass is 299 g/mol. The highest BCUT2D eigenvalue weighted by atomic mass is 127. The van der Waals surface area contributed by atoms with Crippen LogP contribution in [0.5, 0.6) is 0 Å². The molecule has 1 amide bonds. The number of hydrogen-bond acceptors (Lipinski definition) is 1. The Morgan fingerprint density at radius 3 is 2.57 bits per heavy atom. The Kier molecular flexibility index (Phi) is 2.86. The molecule has 1 aromatic carbocycles. The van der Waals surface area contributed by atoms with Gasteiger partial charge in [0, 0.05) is 17.8 Å². The number of carbonyl (C=O) groups excluding carboxylic acids is 1. The summed E-state index contributed by atoms with van der Waals surface area (Å²) < 4.78 is 1.98. The minimum Gasteiger partial charge on any atom is -0.284 e. The zero-order valence-corrected chi connectivity index (χ0v) is 9.77. The third-order valence-corrected chi connectivity index (χ3v) is 2.99. The maximum absolute atomic E-state index is 11.6. The highest BCUT2D eigenvalue weighted by molar-refractivity contribution is 14.1. The predicted molar refractivity (Wildman–Crippen MR) is 65.3 cm³/mol. The first kappa shape index (κ1) is 9.71. The van der Waals surface area contributed by atoms with E-state index in [9.17, 15) is 4.79 Å². The molecule has 3 heteroatoms. The summed E-state index contributed by atoms with van der Waals surface area (Å²) in [6, 6.07) is 9.78. The molecule has 2 nitrogen and oxygen atoms in total. The molecule has 0 aliphatic carbocycles. The highest BCUT2D eigenvalue weighted by Gasteiger charge is 2.26. The number of amides is 1. The van der Waals surface area contributed by atoms with Crippen LogP contribution < -0.4 is 4.90 Å². The van der Waals surface area contributed by atoms with Crippen LogP contribution in [-0.4, -0.2) is 5.91 Å². The van der Waals surface area contributed by atoms with Crippen LogP contribution in [-0.2, 0) is 4.79 Å². The maximum atomic E-state index is 11.6. The first-order valence-electron chi connectivity index (χ1n) is 4.50. The Hall–Kier alpha value is -0.840. The van der Waals surface area contributed by atoms with Crippen LogP contribution in [0, 0.1) is 0 Å². The van der Waals surface area contributed by atoms with Gasteiger partial charge in [-0.1, -0.05) is 40.8 Å².